The maximum Gasteiger partial charge on any atom is 0.417 e. The van der Waals surface area contributed by atoms with Crippen molar-refractivity contribution in [3.63, 3.8) is 0 Å². The van der Waals surface area contributed by atoms with Crippen molar-refractivity contribution >= 4 is 26.8 Å². The minimum absolute atomic E-state index is 0.0386. The minimum atomic E-state index is -3.79. The summed E-state index contributed by atoms with van der Waals surface area (Å²) in [6.45, 7) is 4.10. The summed E-state index contributed by atoms with van der Waals surface area (Å²) in [7, 11) is -3.79. The second-order valence-electron chi connectivity index (χ2n) is 5.67. The van der Waals surface area contributed by atoms with Gasteiger partial charge < -0.3 is 4.42 Å². The predicted molar refractivity (Wildman–Crippen MR) is 92.8 cm³/mol. The SMILES string of the molecule is CC[C@@H](C)c1ccccc1NS(=O)(=O)c1ccc2[nH]c(=O)oc2c1. The van der Waals surface area contributed by atoms with E-state index < -0.39 is 15.8 Å². The van der Waals surface area contributed by atoms with Gasteiger partial charge >= 0.3 is 5.76 Å². The van der Waals surface area contributed by atoms with Crippen LogP contribution in [-0.2, 0) is 10.0 Å². The summed E-state index contributed by atoms with van der Waals surface area (Å²) in [5.41, 5.74) is 2.16. The first kappa shape index (κ1) is 16.3. The van der Waals surface area contributed by atoms with Crippen molar-refractivity contribution in [1.82, 2.24) is 4.98 Å². The van der Waals surface area contributed by atoms with Crippen molar-refractivity contribution in [2.24, 2.45) is 0 Å². The molecule has 0 amide bonds. The fourth-order valence-electron chi connectivity index (χ4n) is 2.54. The van der Waals surface area contributed by atoms with E-state index in [1.807, 2.05) is 19.1 Å². The van der Waals surface area contributed by atoms with Gasteiger partial charge in [-0.05, 0) is 36.1 Å². The van der Waals surface area contributed by atoms with Crippen LogP contribution in [-0.4, -0.2) is 13.4 Å². The Bertz CT molecular complexity index is 1030. The van der Waals surface area contributed by atoms with Gasteiger partial charge in [-0.3, -0.25) is 9.71 Å². The lowest BCUT2D eigenvalue weighted by atomic mass is 9.97. The highest BCUT2D eigenvalue weighted by atomic mass is 32.2. The zero-order valence-electron chi connectivity index (χ0n) is 13.4. The Balaban J connectivity index is 2.00. The molecule has 24 heavy (non-hydrogen) atoms. The second kappa shape index (κ2) is 6.16. The Kier molecular flexibility index (Phi) is 4.19. The van der Waals surface area contributed by atoms with Crippen LogP contribution in [0.2, 0.25) is 0 Å². The van der Waals surface area contributed by atoms with Crippen LogP contribution < -0.4 is 10.5 Å². The summed E-state index contributed by atoms with van der Waals surface area (Å²) < 4.78 is 32.9. The molecule has 2 aromatic carbocycles. The van der Waals surface area contributed by atoms with Crippen LogP contribution in [0.3, 0.4) is 0 Å². The van der Waals surface area contributed by atoms with Crippen molar-refractivity contribution in [2.75, 3.05) is 4.72 Å². The van der Waals surface area contributed by atoms with Gasteiger partial charge in [0.05, 0.1) is 16.1 Å². The van der Waals surface area contributed by atoms with Gasteiger partial charge in [-0.2, -0.15) is 0 Å². The van der Waals surface area contributed by atoms with E-state index in [0.717, 1.165) is 12.0 Å². The van der Waals surface area contributed by atoms with Crippen molar-refractivity contribution in [2.45, 2.75) is 31.1 Å². The number of para-hydroxylation sites is 1. The molecule has 0 fully saturated rings. The molecule has 1 aromatic heterocycles. The molecule has 1 heterocycles. The number of aromatic nitrogens is 1. The number of hydrogen-bond acceptors (Lipinski definition) is 4. The molecule has 0 aliphatic rings. The van der Waals surface area contributed by atoms with Crippen LogP contribution in [0.1, 0.15) is 31.7 Å². The van der Waals surface area contributed by atoms with E-state index in [9.17, 15) is 13.2 Å². The molecule has 0 unspecified atom stereocenters. The van der Waals surface area contributed by atoms with Gasteiger partial charge in [0, 0.05) is 6.07 Å². The van der Waals surface area contributed by atoms with Crippen LogP contribution >= 0.6 is 0 Å². The molecule has 0 aliphatic heterocycles. The average Bonchev–Trinajstić information content (AvgIpc) is 2.93. The first-order valence-electron chi connectivity index (χ1n) is 7.65. The topological polar surface area (TPSA) is 92.2 Å². The highest BCUT2D eigenvalue weighted by Crippen LogP contribution is 2.28. The number of aromatic amines is 1. The third-order valence-corrected chi connectivity index (χ3v) is 5.41. The van der Waals surface area contributed by atoms with Crippen molar-refractivity contribution < 1.29 is 12.8 Å². The molecule has 126 valence electrons. The van der Waals surface area contributed by atoms with E-state index in [-0.39, 0.29) is 16.4 Å². The van der Waals surface area contributed by atoms with Crippen LogP contribution in [0.4, 0.5) is 5.69 Å². The van der Waals surface area contributed by atoms with Crippen LogP contribution in [0.15, 0.2) is 56.6 Å². The summed E-state index contributed by atoms with van der Waals surface area (Å²) in [6.07, 6.45) is 0.902. The Morgan fingerprint density at radius 1 is 1.21 bits per heavy atom. The lowest BCUT2D eigenvalue weighted by molar-refractivity contribution is 0.554. The zero-order valence-corrected chi connectivity index (χ0v) is 14.2. The molecule has 7 heteroatoms. The molecule has 0 saturated carbocycles. The Morgan fingerprint density at radius 3 is 2.71 bits per heavy atom. The molecule has 2 N–H and O–H groups in total. The van der Waals surface area contributed by atoms with Crippen LogP contribution in [0, 0.1) is 0 Å². The molecule has 1 atom stereocenters. The summed E-state index contributed by atoms with van der Waals surface area (Å²) in [5.74, 6) is -0.385. The lowest BCUT2D eigenvalue weighted by Crippen LogP contribution is -2.14. The molecule has 0 spiro atoms. The molecule has 0 radical (unpaired) electrons. The standard InChI is InChI=1S/C17H18N2O4S/c1-3-11(2)13-6-4-5-7-14(13)19-24(21,22)12-8-9-15-16(10-12)23-17(20)18-15/h4-11,19H,3H2,1-2H3,(H,18,20)/t11-/m1/s1. The number of anilines is 1. The minimum Gasteiger partial charge on any atom is -0.408 e. The fourth-order valence-corrected chi connectivity index (χ4v) is 3.64. The Labute approximate surface area is 139 Å². The van der Waals surface area contributed by atoms with Gasteiger partial charge in [-0.25, -0.2) is 13.2 Å². The Hall–Kier alpha value is -2.54. The van der Waals surface area contributed by atoms with Gasteiger partial charge in [0.15, 0.2) is 5.58 Å². The maximum absolute atomic E-state index is 12.7. The lowest BCUT2D eigenvalue weighted by Gasteiger charge is -2.16. The van der Waals surface area contributed by atoms with E-state index in [1.165, 1.54) is 18.2 Å². The summed E-state index contributed by atoms with van der Waals surface area (Å²) >= 11 is 0. The van der Waals surface area contributed by atoms with E-state index in [1.54, 1.807) is 12.1 Å². The monoisotopic (exact) mass is 346 g/mol. The molecular weight excluding hydrogens is 328 g/mol. The number of benzene rings is 2. The number of hydrogen-bond donors (Lipinski definition) is 2. The molecule has 0 aliphatic carbocycles. The third kappa shape index (κ3) is 3.07. The largest absolute Gasteiger partial charge is 0.417 e. The first-order valence-corrected chi connectivity index (χ1v) is 9.13. The summed E-state index contributed by atoms with van der Waals surface area (Å²) in [5, 5.41) is 0. The van der Waals surface area contributed by atoms with Crippen molar-refractivity contribution in [3.05, 3.63) is 58.6 Å². The molecule has 3 aromatic rings. The summed E-state index contributed by atoms with van der Waals surface area (Å²) in [4.78, 5) is 13.7. The molecule has 3 rings (SSSR count). The fraction of sp³-hybridized carbons (Fsp3) is 0.235. The van der Waals surface area contributed by atoms with Gasteiger partial charge in [0.2, 0.25) is 0 Å². The Morgan fingerprint density at radius 2 is 1.96 bits per heavy atom. The molecular formula is C17H18N2O4S. The quantitative estimate of drug-likeness (QED) is 0.740. The number of fused-ring (bicyclic) bond motifs is 1. The predicted octanol–water partition coefficient (Wildman–Crippen LogP) is 3.44. The van der Waals surface area contributed by atoms with Gasteiger partial charge in [-0.1, -0.05) is 32.0 Å². The van der Waals surface area contributed by atoms with Crippen LogP contribution in [0.5, 0.6) is 0 Å². The van der Waals surface area contributed by atoms with Gasteiger partial charge in [0.1, 0.15) is 0 Å². The van der Waals surface area contributed by atoms with Gasteiger partial charge in [0.25, 0.3) is 10.0 Å². The average molecular weight is 346 g/mol. The van der Waals surface area contributed by atoms with E-state index in [4.69, 9.17) is 4.42 Å². The number of nitrogens with one attached hydrogen (secondary N) is 2. The normalized spacial score (nSPS) is 13.1. The number of rotatable bonds is 5. The number of H-pyrrole nitrogens is 1. The van der Waals surface area contributed by atoms with E-state index in [0.29, 0.717) is 11.2 Å². The number of sulfonamides is 1. The second-order valence-corrected chi connectivity index (χ2v) is 7.36. The molecule has 0 saturated heterocycles. The highest BCUT2D eigenvalue weighted by Gasteiger charge is 2.18. The van der Waals surface area contributed by atoms with Crippen molar-refractivity contribution in [1.29, 1.82) is 0 Å². The number of oxazole rings is 1. The molecule has 6 nitrogen and oxygen atoms in total. The maximum atomic E-state index is 12.7. The third-order valence-electron chi connectivity index (χ3n) is 4.05. The molecule has 0 bridgehead atoms. The van der Waals surface area contributed by atoms with Gasteiger partial charge in [-0.15, -0.1) is 0 Å². The first-order chi connectivity index (χ1) is 11.4. The van der Waals surface area contributed by atoms with E-state index in [2.05, 4.69) is 16.6 Å². The van der Waals surface area contributed by atoms with Crippen LogP contribution in [0.25, 0.3) is 11.1 Å². The summed E-state index contributed by atoms with van der Waals surface area (Å²) in [6, 6.07) is 11.6. The highest BCUT2D eigenvalue weighted by molar-refractivity contribution is 7.92. The zero-order chi connectivity index (χ0) is 17.3. The van der Waals surface area contributed by atoms with E-state index >= 15 is 0 Å². The van der Waals surface area contributed by atoms with Crippen molar-refractivity contribution in [3.8, 4) is 0 Å². The smallest absolute Gasteiger partial charge is 0.408 e.